The van der Waals surface area contributed by atoms with E-state index >= 15 is 0 Å². The van der Waals surface area contributed by atoms with Crippen LogP contribution >= 0.6 is 0 Å². The van der Waals surface area contributed by atoms with E-state index in [-0.39, 0.29) is 5.41 Å². The fraction of sp³-hybridized carbons (Fsp3) is 0.100. The van der Waals surface area contributed by atoms with Gasteiger partial charge in [0.1, 0.15) is 11.2 Å². The van der Waals surface area contributed by atoms with Crippen molar-refractivity contribution in [2.24, 2.45) is 0 Å². The summed E-state index contributed by atoms with van der Waals surface area (Å²) >= 11 is 0. The molecule has 9 aromatic carbocycles. The molecule has 1 heterocycles. The molecule has 0 unspecified atom stereocenters. The number of aryl methyl sites for hydroxylation is 1. The highest BCUT2D eigenvalue weighted by Crippen LogP contribution is 2.57. The zero-order valence-electron chi connectivity index (χ0n) is 34.8. The SMILES string of the molecule is Cc1cccc2c1-c1ccccc1C2(C)C.c1ccc(C2(c3ccccc3)c3ccccc3-c3ccc(-c4ccccc4Cc4cccc5oc6ccccc6c45)cc32)cc1. The lowest BCUT2D eigenvalue weighted by molar-refractivity contribution is 0.660. The minimum Gasteiger partial charge on any atom is -0.456 e. The molecule has 0 spiro atoms. The summed E-state index contributed by atoms with van der Waals surface area (Å²) in [5.74, 6) is 0. The molecule has 1 heteroatoms. The molecule has 0 amide bonds. The van der Waals surface area contributed by atoms with E-state index in [1.807, 2.05) is 6.07 Å². The van der Waals surface area contributed by atoms with Gasteiger partial charge >= 0.3 is 0 Å². The van der Waals surface area contributed by atoms with Gasteiger partial charge in [0.2, 0.25) is 0 Å². The van der Waals surface area contributed by atoms with Crippen molar-refractivity contribution < 1.29 is 4.42 Å². The predicted octanol–water partition coefficient (Wildman–Crippen LogP) is 15.5. The maximum atomic E-state index is 6.23. The highest BCUT2D eigenvalue weighted by molar-refractivity contribution is 6.07. The standard InChI is InChI=1S/C44H30O.C16H16/c1-3-16-33(17-4-1)44(34-18-5-2-6-19-34)39-23-11-9-21-36(39)37-27-26-31(29-40(37)44)35-20-8-7-14-30(35)28-32-15-13-25-42-43(32)38-22-10-12-24-41(38)45-42;1-11-7-6-10-14-15(11)12-8-4-5-9-13(12)16(14,2)3/h1-27,29H,28H2;4-10H,1-3H3. The van der Waals surface area contributed by atoms with Gasteiger partial charge in [0.25, 0.3) is 0 Å². The van der Waals surface area contributed by atoms with Crippen LogP contribution in [0.3, 0.4) is 0 Å². The first-order valence-electron chi connectivity index (χ1n) is 21.5. The number of hydrogen-bond donors (Lipinski definition) is 0. The first-order chi connectivity index (χ1) is 29.9. The third-order valence-electron chi connectivity index (χ3n) is 13.5. The predicted molar refractivity (Wildman–Crippen MR) is 254 cm³/mol. The fourth-order valence-electron chi connectivity index (χ4n) is 10.7. The second-order valence-corrected chi connectivity index (χ2v) is 17.2. The average molecular weight is 783 g/mol. The smallest absolute Gasteiger partial charge is 0.135 e. The molecule has 0 aliphatic heterocycles. The molecule has 61 heavy (non-hydrogen) atoms. The van der Waals surface area contributed by atoms with Crippen molar-refractivity contribution in [3.05, 3.63) is 262 Å². The molecule has 0 fully saturated rings. The Labute approximate surface area is 358 Å². The van der Waals surface area contributed by atoms with Crippen LogP contribution in [0.4, 0.5) is 0 Å². The van der Waals surface area contributed by atoms with Crippen molar-refractivity contribution in [1.29, 1.82) is 0 Å². The Kier molecular flexibility index (Phi) is 8.76. The topological polar surface area (TPSA) is 13.1 Å². The molecule has 1 aromatic heterocycles. The maximum Gasteiger partial charge on any atom is 0.135 e. The van der Waals surface area contributed by atoms with E-state index in [1.165, 1.54) is 94.2 Å². The minimum absolute atomic E-state index is 0.151. The van der Waals surface area contributed by atoms with Crippen LogP contribution in [0.5, 0.6) is 0 Å². The molecule has 12 rings (SSSR count). The van der Waals surface area contributed by atoms with Crippen LogP contribution in [0.25, 0.3) is 55.3 Å². The van der Waals surface area contributed by atoms with Gasteiger partial charge in [-0.1, -0.05) is 208 Å². The van der Waals surface area contributed by atoms with Crippen LogP contribution in [-0.2, 0) is 17.3 Å². The molecule has 2 aliphatic rings. The monoisotopic (exact) mass is 782 g/mol. The summed E-state index contributed by atoms with van der Waals surface area (Å²) in [4.78, 5) is 0. The Morgan fingerprint density at radius 2 is 0.967 bits per heavy atom. The Bertz CT molecular complexity index is 3220. The van der Waals surface area contributed by atoms with Crippen LogP contribution in [0, 0.1) is 6.92 Å². The number of rotatable bonds is 5. The van der Waals surface area contributed by atoms with E-state index < -0.39 is 5.41 Å². The summed E-state index contributed by atoms with van der Waals surface area (Å²) < 4.78 is 6.23. The molecule has 0 saturated heterocycles. The van der Waals surface area contributed by atoms with Crippen LogP contribution in [0.1, 0.15) is 63.9 Å². The zero-order valence-corrected chi connectivity index (χ0v) is 34.8. The van der Waals surface area contributed by atoms with E-state index in [1.54, 1.807) is 0 Å². The van der Waals surface area contributed by atoms with Gasteiger partial charge in [-0.3, -0.25) is 0 Å². The lowest BCUT2D eigenvalue weighted by atomic mass is 9.67. The van der Waals surface area contributed by atoms with Crippen molar-refractivity contribution in [1.82, 2.24) is 0 Å². The Hall–Kier alpha value is -7.22. The Balaban J connectivity index is 0.000000220. The van der Waals surface area contributed by atoms with Gasteiger partial charge in [-0.2, -0.15) is 0 Å². The van der Waals surface area contributed by atoms with Crippen LogP contribution in [0.15, 0.2) is 217 Å². The maximum absolute atomic E-state index is 6.23. The first-order valence-corrected chi connectivity index (χ1v) is 21.5. The van der Waals surface area contributed by atoms with Crippen molar-refractivity contribution >= 4 is 21.9 Å². The molecule has 0 N–H and O–H groups in total. The van der Waals surface area contributed by atoms with Crippen LogP contribution < -0.4 is 0 Å². The Morgan fingerprint density at radius 3 is 1.74 bits per heavy atom. The lowest BCUT2D eigenvalue weighted by Crippen LogP contribution is -2.28. The second kappa shape index (κ2) is 14.5. The number of hydrogen-bond acceptors (Lipinski definition) is 1. The van der Waals surface area contributed by atoms with E-state index in [0.717, 1.165) is 17.6 Å². The molecule has 0 bridgehead atoms. The third kappa shape index (κ3) is 5.76. The first kappa shape index (κ1) is 36.8. The van der Waals surface area contributed by atoms with Gasteiger partial charge in [-0.05, 0) is 115 Å². The van der Waals surface area contributed by atoms with Gasteiger partial charge in [0, 0.05) is 16.2 Å². The number of fused-ring (bicyclic) bond motifs is 9. The highest BCUT2D eigenvalue weighted by atomic mass is 16.3. The summed E-state index contributed by atoms with van der Waals surface area (Å²) in [6.45, 7) is 6.84. The molecular weight excluding hydrogens is 737 g/mol. The van der Waals surface area contributed by atoms with Gasteiger partial charge in [-0.25, -0.2) is 0 Å². The van der Waals surface area contributed by atoms with E-state index in [2.05, 4.69) is 227 Å². The molecule has 0 saturated carbocycles. The molecule has 10 aromatic rings. The minimum atomic E-state index is -0.416. The number of para-hydroxylation sites is 1. The summed E-state index contributed by atoms with van der Waals surface area (Å²) in [5, 5.41) is 2.38. The summed E-state index contributed by atoms with van der Waals surface area (Å²) in [7, 11) is 0. The quantitative estimate of drug-likeness (QED) is 0.169. The van der Waals surface area contributed by atoms with Gasteiger partial charge in [0.05, 0.1) is 5.41 Å². The fourth-order valence-corrected chi connectivity index (χ4v) is 10.7. The molecule has 1 nitrogen and oxygen atoms in total. The number of furan rings is 1. The van der Waals surface area contributed by atoms with Crippen LogP contribution in [-0.4, -0.2) is 0 Å². The molecule has 292 valence electrons. The molecule has 0 radical (unpaired) electrons. The summed E-state index contributed by atoms with van der Waals surface area (Å²) in [5.41, 5.74) is 21.7. The van der Waals surface area contributed by atoms with Crippen molar-refractivity contribution in [3.63, 3.8) is 0 Å². The van der Waals surface area contributed by atoms with E-state index in [4.69, 9.17) is 4.42 Å². The van der Waals surface area contributed by atoms with E-state index in [0.29, 0.717) is 0 Å². The summed E-state index contributed by atoms with van der Waals surface area (Å²) in [6.07, 6.45) is 0.816. The van der Waals surface area contributed by atoms with E-state index in [9.17, 15) is 0 Å². The van der Waals surface area contributed by atoms with Gasteiger partial charge < -0.3 is 4.42 Å². The number of benzene rings is 9. The average Bonchev–Trinajstić information content (AvgIpc) is 3.92. The summed E-state index contributed by atoms with van der Waals surface area (Å²) in [6, 6.07) is 77.2. The normalized spacial score (nSPS) is 13.8. The largest absolute Gasteiger partial charge is 0.456 e. The Morgan fingerprint density at radius 1 is 0.410 bits per heavy atom. The van der Waals surface area contributed by atoms with Crippen LogP contribution in [0.2, 0.25) is 0 Å². The van der Waals surface area contributed by atoms with Crippen molar-refractivity contribution in [2.45, 2.75) is 38.0 Å². The van der Waals surface area contributed by atoms with Crippen molar-refractivity contribution in [2.75, 3.05) is 0 Å². The second-order valence-electron chi connectivity index (χ2n) is 17.2. The van der Waals surface area contributed by atoms with Gasteiger partial charge in [-0.15, -0.1) is 0 Å². The zero-order chi connectivity index (χ0) is 41.1. The van der Waals surface area contributed by atoms with Crippen molar-refractivity contribution in [3.8, 4) is 33.4 Å². The highest BCUT2D eigenvalue weighted by Gasteiger charge is 2.46. The molecular formula is C60H46O. The molecule has 2 aliphatic carbocycles. The van der Waals surface area contributed by atoms with Gasteiger partial charge in [0.15, 0.2) is 0 Å². The molecule has 0 atom stereocenters. The third-order valence-corrected chi connectivity index (χ3v) is 13.5. The lowest BCUT2D eigenvalue weighted by Gasteiger charge is -2.34.